The summed E-state index contributed by atoms with van der Waals surface area (Å²) in [6, 6.07) is 0.363. The number of aliphatic hydroxyl groups is 1. The predicted octanol–water partition coefficient (Wildman–Crippen LogP) is 1.38. The highest BCUT2D eigenvalue weighted by atomic mass is 35.5. The Hall–Kier alpha value is 0.210. The summed E-state index contributed by atoms with van der Waals surface area (Å²) in [6.45, 7) is 8.01. The van der Waals surface area contributed by atoms with E-state index in [-0.39, 0.29) is 18.6 Å². The van der Waals surface area contributed by atoms with Crippen LogP contribution in [-0.2, 0) is 0 Å². The summed E-state index contributed by atoms with van der Waals surface area (Å²) in [7, 11) is 0. The third-order valence-corrected chi connectivity index (χ3v) is 1.14. The van der Waals surface area contributed by atoms with Crippen LogP contribution in [0.3, 0.4) is 0 Å². The summed E-state index contributed by atoms with van der Waals surface area (Å²) in [5.41, 5.74) is 0. The standard InChI is InChI=1S/C7H17NO.ClH/c1-5(2)7(9)8-6(3)4;/h5-9H,1-4H3;1H. The summed E-state index contributed by atoms with van der Waals surface area (Å²) >= 11 is 0. The van der Waals surface area contributed by atoms with Gasteiger partial charge in [-0.15, -0.1) is 12.4 Å². The first-order valence-electron chi connectivity index (χ1n) is 3.48. The molecule has 0 saturated heterocycles. The molecule has 0 saturated carbocycles. The van der Waals surface area contributed by atoms with Crippen LogP contribution in [0.4, 0.5) is 0 Å². The van der Waals surface area contributed by atoms with Crippen molar-refractivity contribution in [1.82, 2.24) is 5.32 Å². The zero-order chi connectivity index (χ0) is 7.44. The molecule has 0 aliphatic heterocycles. The van der Waals surface area contributed by atoms with Crippen LogP contribution in [0.15, 0.2) is 0 Å². The van der Waals surface area contributed by atoms with Crippen molar-refractivity contribution in [3.05, 3.63) is 0 Å². The molecule has 10 heavy (non-hydrogen) atoms. The average Bonchev–Trinajstić information content (AvgIpc) is 1.63. The first-order chi connectivity index (χ1) is 4.04. The molecule has 0 radical (unpaired) electrons. The normalized spacial score (nSPS) is 13.5. The van der Waals surface area contributed by atoms with E-state index in [2.05, 4.69) is 5.32 Å². The van der Waals surface area contributed by atoms with Gasteiger partial charge in [-0.1, -0.05) is 13.8 Å². The van der Waals surface area contributed by atoms with Crippen molar-refractivity contribution >= 4 is 12.4 Å². The van der Waals surface area contributed by atoms with Crippen molar-refractivity contribution in [2.24, 2.45) is 5.92 Å². The topological polar surface area (TPSA) is 32.3 Å². The Balaban J connectivity index is 0. The molecule has 0 amide bonds. The molecular weight excluding hydrogens is 150 g/mol. The number of rotatable bonds is 3. The highest BCUT2D eigenvalue weighted by Gasteiger charge is 2.08. The van der Waals surface area contributed by atoms with Crippen LogP contribution in [0, 0.1) is 5.92 Å². The first kappa shape index (κ1) is 12.8. The molecule has 2 nitrogen and oxygen atoms in total. The molecule has 0 bridgehead atoms. The van der Waals surface area contributed by atoms with E-state index in [4.69, 9.17) is 0 Å². The minimum absolute atomic E-state index is 0. The van der Waals surface area contributed by atoms with Crippen LogP contribution in [0.5, 0.6) is 0 Å². The van der Waals surface area contributed by atoms with E-state index in [0.29, 0.717) is 12.0 Å². The summed E-state index contributed by atoms with van der Waals surface area (Å²) in [5, 5.41) is 12.2. The Kier molecular flexibility index (Phi) is 7.65. The molecule has 64 valence electrons. The van der Waals surface area contributed by atoms with Gasteiger partial charge in [-0.3, -0.25) is 5.32 Å². The lowest BCUT2D eigenvalue weighted by Gasteiger charge is -2.18. The Morgan fingerprint density at radius 3 is 1.60 bits per heavy atom. The highest BCUT2D eigenvalue weighted by Crippen LogP contribution is 1.97. The fourth-order valence-electron chi connectivity index (χ4n) is 0.534. The predicted molar refractivity (Wildman–Crippen MR) is 46.4 cm³/mol. The van der Waals surface area contributed by atoms with Gasteiger partial charge in [-0.2, -0.15) is 0 Å². The van der Waals surface area contributed by atoms with Crippen molar-refractivity contribution in [3.63, 3.8) is 0 Å². The zero-order valence-electron chi connectivity index (χ0n) is 7.09. The maximum absolute atomic E-state index is 9.19. The summed E-state index contributed by atoms with van der Waals surface area (Å²) in [5.74, 6) is 0.299. The second-order valence-electron chi connectivity index (χ2n) is 3.01. The van der Waals surface area contributed by atoms with E-state index < -0.39 is 0 Å². The van der Waals surface area contributed by atoms with Crippen LogP contribution in [0.1, 0.15) is 27.7 Å². The lowest BCUT2D eigenvalue weighted by Crippen LogP contribution is -2.38. The number of nitrogens with one attached hydrogen (secondary N) is 1. The van der Waals surface area contributed by atoms with Gasteiger partial charge in [0.2, 0.25) is 0 Å². The van der Waals surface area contributed by atoms with Gasteiger partial charge in [0.15, 0.2) is 0 Å². The molecule has 2 N–H and O–H groups in total. The number of halogens is 1. The van der Waals surface area contributed by atoms with Crippen molar-refractivity contribution in [3.8, 4) is 0 Å². The van der Waals surface area contributed by atoms with E-state index >= 15 is 0 Å². The molecule has 0 fully saturated rings. The third kappa shape index (κ3) is 6.33. The third-order valence-electron chi connectivity index (χ3n) is 1.14. The van der Waals surface area contributed by atoms with Gasteiger partial charge in [-0.25, -0.2) is 0 Å². The minimum atomic E-state index is -0.356. The summed E-state index contributed by atoms with van der Waals surface area (Å²) in [4.78, 5) is 0. The van der Waals surface area contributed by atoms with Crippen LogP contribution in [-0.4, -0.2) is 17.4 Å². The second-order valence-corrected chi connectivity index (χ2v) is 3.01. The number of hydrogen-bond donors (Lipinski definition) is 2. The van der Waals surface area contributed by atoms with E-state index in [9.17, 15) is 5.11 Å². The molecule has 0 aromatic carbocycles. The number of aliphatic hydroxyl groups excluding tert-OH is 1. The van der Waals surface area contributed by atoms with Gasteiger partial charge in [0, 0.05) is 6.04 Å². The van der Waals surface area contributed by atoms with Gasteiger partial charge in [0.1, 0.15) is 6.23 Å². The van der Waals surface area contributed by atoms with E-state index in [0.717, 1.165) is 0 Å². The molecular formula is C7H18ClNO. The Bertz CT molecular complexity index is 76.0. The summed E-state index contributed by atoms with van der Waals surface area (Å²) in [6.07, 6.45) is -0.356. The molecule has 1 atom stereocenters. The largest absolute Gasteiger partial charge is 0.378 e. The quantitative estimate of drug-likeness (QED) is 0.623. The Morgan fingerprint density at radius 2 is 1.50 bits per heavy atom. The second kappa shape index (κ2) is 5.96. The maximum atomic E-state index is 9.19. The van der Waals surface area contributed by atoms with E-state index in [1.807, 2.05) is 27.7 Å². The molecule has 0 aromatic heterocycles. The highest BCUT2D eigenvalue weighted by molar-refractivity contribution is 5.85. The fraction of sp³-hybridized carbons (Fsp3) is 1.00. The van der Waals surface area contributed by atoms with Crippen molar-refractivity contribution in [2.75, 3.05) is 0 Å². The van der Waals surface area contributed by atoms with Gasteiger partial charge in [0.25, 0.3) is 0 Å². The molecule has 0 spiro atoms. The van der Waals surface area contributed by atoms with Crippen LogP contribution in [0.2, 0.25) is 0 Å². The minimum Gasteiger partial charge on any atom is -0.378 e. The van der Waals surface area contributed by atoms with Crippen LogP contribution in [0.25, 0.3) is 0 Å². The SMILES string of the molecule is CC(C)NC(O)C(C)C.Cl. The Morgan fingerprint density at radius 1 is 1.10 bits per heavy atom. The molecule has 0 rings (SSSR count). The monoisotopic (exact) mass is 167 g/mol. The van der Waals surface area contributed by atoms with Gasteiger partial charge >= 0.3 is 0 Å². The molecule has 0 aromatic rings. The van der Waals surface area contributed by atoms with Crippen molar-refractivity contribution < 1.29 is 5.11 Å². The lowest BCUT2D eigenvalue weighted by atomic mass is 10.2. The van der Waals surface area contributed by atoms with E-state index in [1.54, 1.807) is 0 Å². The zero-order valence-corrected chi connectivity index (χ0v) is 7.90. The van der Waals surface area contributed by atoms with Crippen molar-refractivity contribution in [1.29, 1.82) is 0 Å². The fourth-order valence-corrected chi connectivity index (χ4v) is 0.534. The average molecular weight is 168 g/mol. The van der Waals surface area contributed by atoms with Gasteiger partial charge in [0.05, 0.1) is 0 Å². The smallest absolute Gasteiger partial charge is 0.107 e. The maximum Gasteiger partial charge on any atom is 0.107 e. The van der Waals surface area contributed by atoms with Gasteiger partial charge in [-0.05, 0) is 19.8 Å². The molecule has 0 heterocycles. The van der Waals surface area contributed by atoms with Crippen LogP contribution >= 0.6 is 12.4 Å². The summed E-state index contributed by atoms with van der Waals surface area (Å²) < 4.78 is 0. The molecule has 0 aliphatic rings. The molecule has 0 aliphatic carbocycles. The van der Waals surface area contributed by atoms with Gasteiger partial charge < -0.3 is 5.11 Å². The molecule has 1 unspecified atom stereocenters. The van der Waals surface area contributed by atoms with Crippen molar-refractivity contribution in [2.45, 2.75) is 40.0 Å². The number of hydrogen-bond acceptors (Lipinski definition) is 2. The first-order valence-corrected chi connectivity index (χ1v) is 3.48. The molecule has 3 heteroatoms. The lowest BCUT2D eigenvalue weighted by molar-refractivity contribution is 0.0822. The van der Waals surface area contributed by atoms with Crippen LogP contribution < -0.4 is 5.32 Å². The Labute approximate surface area is 69.4 Å². The van der Waals surface area contributed by atoms with E-state index in [1.165, 1.54) is 0 Å².